The van der Waals surface area contributed by atoms with Gasteiger partial charge in [-0.05, 0) is 43.1 Å². The summed E-state index contributed by atoms with van der Waals surface area (Å²) in [5, 5.41) is 24.2. The first-order chi connectivity index (χ1) is 14.3. The van der Waals surface area contributed by atoms with Crippen LogP contribution in [0.5, 0.6) is 11.5 Å². The first kappa shape index (κ1) is 21.6. The number of phenols is 2. The van der Waals surface area contributed by atoms with E-state index in [1.165, 1.54) is 23.3 Å². The van der Waals surface area contributed by atoms with Crippen molar-refractivity contribution < 1.29 is 24.0 Å². The monoisotopic (exact) mass is 433 g/mol. The number of nitrogens with zero attached hydrogens (tertiary/aromatic N) is 2. The van der Waals surface area contributed by atoms with Crippen molar-refractivity contribution in [3.8, 4) is 33.9 Å². The highest BCUT2D eigenvalue weighted by atomic mass is 35.5. The third-order valence-electron chi connectivity index (χ3n) is 4.92. The van der Waals surface area contributed by atoms with E-state index in [9.17, 15) is 14.7 Å². The molecule has 1 aliphatic heterocycles. The zero-order valence-corrected chi connectivity index (χ0v) is 17.2. The SMILES string of the molecule is Cc1noc(-c2cc(Cl)c(O)cc2O)c1-c1ccc2c(c1)CCN(C)C2.O=CNF. The fourth-order valence-corrected chi connectivity index (χ4v) is 3.64. The number of aryl methyl sites for hydroxylation is 1. The Hall–Kier alpha value is -3.10. The molecule has 0 spiro atoms. The van der Waals surface area contributed by atoms with Gasteiger partial charge in [0.1, 0.15) is 11.5 Å². The lowest BCUT2D eigenvalue weighted by Crippen LogP contribution is -2.26. The minimum Gasteiger partial charge on any atom is -0.507 e. The van der Waals surface area contributed by atoms with E-state index in [4.69, 9.17) is 20.9 Å². The third kappa shape index (κ3) is 4.39. The van der Waals surface area contributed by atoms with Gasteiger partial charge in [0.05, 0.1) is 21.8 Å². The number of aromatic hydroxyl groups is 2. The third-order valence-corrected chi connectivity index (χ3v) is 5.22. The largest absolute Gasteiger partial charge is 0.507 e. The van der Waals surface area contributed by atoms with Crippen LogP contribution in [0.15, 0.2) is 34.9 Å². The van der Waals surface area contributed by atoms with E-state index in [2.05, 4.69) is 35.3 Å². The number of fused-ring (bicyclic) bond motifs is 1. The van der Waals surface area contributed by atoms with Crippen LogP contribution >= 0.6 is 11.6 Å². The molecule has 0 unspecified atom stereocenters. The van der Waals surface area contributed by atoms with Crippen molar-refractivity contribution in [1.29, 1.82) is 0 Å². The highest BCUT2D eigenvalue weighted by Crippen LogP contribution is 2.43. The molecule has 3 N–H and O–H groups in total. The van der Waals surface area contributed by atoms with Crippen LogP contribution in [0.25, 0.3) is 22.5 Å². The van der Waals surface area contributed by atoms with E-state index in [0.717, 1.165) is 41.9 Å². The molecule has 0 aliphatic carbocycles. The molecule has 0 saturated heterocycles. The van der Waals surface area contributed by atoms with E-state index in [1.807, 2.05) is 6.92 Å². The zero-order chi connectivity index (χ0) is 21.8. The molecule has 0 fully saturated rings. The number of hydrogen-bond donors (Lipinski definition) is 3. The molecule has 2 aromatic carbocycles. The topological polar surface area (TPSA) is 98.8 Å². The average Bonchev–Trinajstić information content (AvgIpc) is 3.11. The summed E-state index contributed by atoms with van der Waals surface area (Å²) in [4.78, 5) is 11.0. The molecule has 30 heavy (non-hydrogen) atoms. The lowest BCUT2D eigenvalue weighted by Gasteiger charge is -2.25. The number of benzene rings is 2. The maximum atomic E-state index is 10.3. The minimum absolute atomic E-state index is 0.0417. The fourth-order valence-electron chi connectivity index (χ4n) is 3.48. The summed E-state index contributed by atoms with van der Waals surface area (Å²) >= 11 is 6.02. The Morgan fingerprint density at radius 2 is 1.97 bits per heavy atom. The maximum absolute atomic E-state index is 10.3. The standard InChI is InChI=1S/C20H19ClN2O3.CH2FNO/c1-11-19(13-3-4-14-10-23(2)6-5-12(14)7-13)20(26-22-11)15-8-16(21)18(25)9-17(15)24;2-3-1-4/h3-4,7-9,24-25H,5-6,10H2,1-2H3;1H,(H,3,4). The second-order valence-electron chi connectivity index (χ2n) is 6.99. The molecule has 158 valence electrons. The van der Waals surface area contributed by atoms with Gasteiger partial charge in [-0.3, -0.25) is 4.79 Å². The van der Waals surface area contributed by atoms with Gasteiger partial charge in [-0.2, -0.15) is 5.54 Å². The summed E-state index contributed by atoms with van der Waals surface area (Å²) in [6.07, 6.45) is 0.954. The number of phenolic OH excluding ortho intramolecular Hbond substituents is 2. The zero-order valence-electron chi connectivity index (χ0n) is 16.4. The molecule has 0 atom stereocenters. The second kappa shape index (κ2) is 9.15. The predicted molar refractivity (Wildman–Crippen MR) is 111 cm³/mol. The van der Waals surface area contributed by atoms with Gasteiger partial charge in [0.25, 0.3) is 0 Å². The van der Waals surface area contributed by atoms with E-state index in [1.54, 1.807) is 0 Å². The summed E-state index contributed by atoms with van der Waals surface area (Å²) in [6, 6.07) is 9.07. The lowest BCUT2D eigenvalue weighted by molar-refractivity contribution is -0.113. The molecule has 0 saturated carbocycles. The maximum Gasteiger partial charge on any atom is 0.234 e. The quantitative estimate of drug-likeness (QED) is 0.426. The number of halogens is 2. The molecule has 9 heteroatoms. The van der Waals surface area contributed by atoms with Gasteiger partial charge in [-0.1, -0.05) is 35.0 Å². The molecule has 3 aromatic rings. The highest BCUT2D eigenvalue weighted by molar-refractivity contribution is 6.32. The number of hydrogen-bond acceptors (Lipinski definition) is 6. The summed E-state index contributed by atoms with van der Waals surface area (Å²) in [5.74, 6) is 0.155. The second-order valence-corrected chi connectivity index (χ2v) is 7.40. The number of rotatable bonds is 3. The number of likely N-dealkylation sites (N-methyl/N-ethyl adjacent to an activating group) is 1. The van der Waals surface area contributed by atoms with E-state index in [0.29, 0.717) is 11.3 Å². The summed E-state index contributed by atoms with van der Waals surface area (Å²) in [6.45, 7) is 3.84. The first-order valence-electron chi connectivity index (χ1n) is 9.14. The van der Waals surface area contributed by atoms with Crippen LogP contribution < -0.4 is 5.54 Å². The number of nitrogens with one attached hydrogen (secondary N) is 1. The normalized spacial score (nSPS) is 13.2. The van der Waals surface area contributed by atoms with E-state index >= 15 is 0 Å². The Balaban J connectivity index is 0.000000589. The van der Waals surface area contributed by atoms with Crippen molar-refractivity contribution in [2.45, 2.75) is 19.9 Å². The number of amides is 1. The summed E-state index contributed by atoms with van der Waals surface area (Å²) < 4.78 is 15.6. The average molecular weight is 434 g/mol. The molecule has 0 radical (unpaired) electrons. The first-order valence-corrected chi connectivity index (χ1v) is 9.52. The molecule has 2 heterocycles. The van der Waals surface area contributed by atoms with Gasteiger partial charge in [0, 0.05) is 19.2 Å². The van der Waals surface area contributed by atoms with Gasteiger partial charge in [-0.15, -0.1) is 4.48 Å². The Bertz CT molecular complexity index is 1070. The van der Waals surface area contributed by atoms with Crippen molar-refractivity contribution >= 4 is 18.0 Å². The Kier molecular flexibility index (Phi) is 6.59. The fraction of sp³-hybridized carbons (Fsp3) is 0.238. The molecule has 1 aromatic heterocycles. The molecular weight excluding hydrogens is 413 g/mol. The number of aromatic nitrogens is 1. The molecule has 7 nitrogen and oxygen atoms in total. The molecule has 1 amide bonds. The Morgan fingerprint density at radius 1 is 1.23 bits per heavy atom. The van der Waals surface area contributed by atoms with E-state index in [-0.39, 0.29) is 22.9 Å². The molecule has 0 bridgehead atoms. The van der Waals surface area contributed by atoms with Crippen LogP contribution in [0, 0.1) is 6.92 Å². The van der Waals surface area contributed by atoms with Gasteiger partial charge in [0.15, 0.2) is 5.76 Å². The van der Waals surface area contributed by atoms with Gasteiger partial charge in [0.2, 0.25) is 6.41 Å². The minimum atomic E-state index is -0.177. The van der Waals surface area contributed by atoms with Gasteiger partial charge >= 0.3 is 0 Å². The molecule has 4 rings (SSSR count). The van der Waals surface area contributed by atoms with Crippen LogP contribution in [0.4, 0.5) is 4.48 Å². The summed E-state index contributed by atoms with van der Waals surface area (Å²) in [7, 11) is 2.12. The predicted octanol–water partition coefficient (Wildman–Crippen LogP) is 3.99. The Morgan fingerprint density at radius 3 is 2.67 bits per heavy atom. The van der Waals surface area contributed by atoms with Crippen LogP contribution in [-0.2, 0) is 17.8 Å². The lowest BCUT2D eigenvalue weighted by atomic mass is 9.93. The van der Waals surface area contributed by atoms with Crippen LogP contribution in [0.3, 0.4) is 0 Å². The molecule has 1 aliphatic rings. The van der Waals surface area contributed by atoms with Crippen molar-refractivity contribution in [3.63, 3.8) is 0 Å². The van der Waals surface area contributed by atoms with Gasteiger partial charge < -0.3 is 19.6 Å². The van der Waals surface area contributed by atoms with E-state index < -0.39 is 0 Å². The Labute approximate surface area is 177 Å². The highest BCUT2D eigenvalue weighted by Gasteiger charge is 2.22. The van der Waals surface area contributed by atoms with Crippen molar-refractivity contribution in [1.82, 2.24) is 15.6 Å². The van der Waals surface area contributed by atoms with Crippen LogP contribution in [0.1, 0.15) is 16.8 Å². The van der Waals surface area contributed by atoms with Crippen molar-refractivity contribution in [2.24, 2.45) is 0 Å². The van der Waals surface area contributed by atoms with Gasteiger partial charge in [-0.25, -0.2) is 0 Å². The van der Waals surface area contributed by atoms with Crippen molar-refractivity contribution in [3.05, 3.63) is 52.2 Å². The molecular formula is C21H21ClFN3O4. The summed E-state index contributed by atoms with van der Waals surface area (Å²) in [5.41, 5.74) is 6.35. The smallest absolute Gasteiger partial charge is 0.234 e. The number of carbonyl (C=O) groups is 1. The van der Waals surface area contributed by atoms with Crippen LogP contribution in [-0.4, -0.2) is 40.3 Å². The van der Waals surface area contributed by atoms with Crippen molar-refractivity contribution in [2.75, 3.05) is 13.6 Å². The number of carbonyl (C=O) groups excluding carboxylic acids is 1. The van der Waals surface area contributed by atoms with Crippen LogP contribution in [0.2, 0.25) is 5.02 Å².